The highest BCUT2D eigenvalue weighted by Crippen LogP contribution is 2.35. The van der Waals surface area contributed by atoms with E-state index < -0.39 is 18.0 Å². The Balaban J connectivity index is 1.16. The number of rotatable bonds is 8. The van der Waals surface area contributed by atoms with E-state index in [-0.39, 0.29) is 37.6 Å². The molecule has 2 amide bonds. The molecule has 2 fully saturated rings. The Morgan fingerprint density at radius 3 is 2.57 bits per heavy atom. The number of amides is 2. The zero-order chi connectivity index (χ0) is 25.8. The summed E-state index contributed by atoms with van der Waals surface area (Å²) in [5.41, 5.74) is 1.37. The van der Waals surface area contributed by atoms with Crippen LogP contribution in [0, 0.1) is 5.82 Å². The highest BCUT2D eigenvalue weighted by atomic mass is 19.1. The van der Waals surface area contributed by atoms with Gasteiger partial charge in [0.15, 0.2) is 5.78 Å². The number of cyclic esters (lactones) is 1. The van der Waals surface area contributed by atoms with E-state index in [1.807, 2.05) is 41.3 Å². The van der Waals surface area contributed by atoms with Gasteiger partial charge in [0.25, 0.3) is 0 Å². The molecule has 0 radical (unpaired) electrons. The molecule has 2 aliphatic rings. The fraction of sp³-hybridized carbons (Fsp3) is 0.321. The Labute approximate surface area is 213 Å². The van der Waals surface area contributed by atoms with Crippen LogP contribution in [0.2, 0.25) is 0 Å². The quantitative estimate of drug-likeness (QED) is 0.467. The molecular weight excluding hydrogens is 477 g/mol. The average Bonchev–Trinajstić information content (AvgIpc) is 3.30. The number of fused-ring (bicyclic) bond motifs is 1. The maximum atomic E-state index is 14.8. The average molecular weight is 506 g/mol. The van der Waals surface area contributed by atoms with E-state index in [1.54, 1.807) is 18.2 Å². The van der Waals surface area contributed by atoms with E-state index in [0.29, 0.717) is 43.2 Å². The lowest BCUT2D eigenvalue weighted by Crippen LogP contribution is -2.39. The number of nitrogens with zero attached hydrogens (tertiary/aromatic N) is 2. The van der Waals surface area contributed by atoms with E-state index in [1.165, 1.54) is 11.0 Å². The van der Waals surface area contributed by atoms with Crippen LogP contribution in [0.5, 0.6) is 0 Å². The van der Waals surface area contributed by atoms with Gasteiger partial charge in [-0.2, -0.15) is 0 Å². The van der Waals surface area contributed by atoms with Gasteiger partial charge in [0.1, 0.15) is 11.9 Å². The van der Waals surface area contributed by atoms with Gasteiger partial charge in [-0.3, -0.25) is 14.5 Å². The van der Waals surface area contributed by atoms with E-state index in [9.17, 15) is 18.8 Å². The van der Waals surface area contributed by atoms with Gasteiger partial charge in [-0.25, -0.2) is 9.18 Å². The van der Waals surface area contributed by atoms with Gasteiger partial charge in [-0.15, -0.1) is 0 Å². The number of hydrogen-bond donors (Lipinski definition) is 1. The molecule has 0 spiro atoms. The summed E-state index contributed by atoms with van der Waals surface area (Å²) < 4.78 is 25.6. The van der Waals surface area contributed by atoms with Gasteiger partial charge in [0, 0.05) is 31.5 Å². The number of halogens is 1. The summed E-state index contributed by atoms with van der Waals surface area (Å²) in [4.78, 5) is 41.1. The second kappa shape index (κ2) is 11.0. The third-order valence-corrected chi connectivity index (χ3v) is 6.65. The largest absolute Gasteiger partial charge is 0.442 e. The van der Waals surface area contributed by atoms with Gasteiger partial charge in [0.2, 0.25) is 5.91 Å². The number of carbonyl (C=O) groups is 3. The number of ketones is 1. The molecule has 9 heteroatoms. The van der Waals surface area contributed by atoms with Crippen molar-refractivity contribution in [3.63, 3.8) is 0 Å². The number of carbonyl (C=O) groups excluding carboxylic acids is 3. The molecule has 0 aromatic heterocycles. The zero-order valence-corrected chi connectivity index (χ0v) is 20.3. The van der Waals surface area contributed by atoms with Crippen LogP contribution in [0.3, 0.4) is 0 Å². The Bertz CT molecular complexity index is 1320. The van der Waals surface area contributed by atoms with Crippen molar-refractivity contribution >= 4 is 39.9 Å². The highest BCUT2D eigenvalue weighted by Gasteiger charge is 2.35. The number of Topliss-reactive ketones (excluding diaryl/α,β-unsaturated/α-hetero) is 1. The molecule has 2 saturated heterocycles. The normalized spacial score (nSPS) is 17.6. The van der Waals surface area contributed by atoms with Crippen LogP contribution in [-0.4, -0.2) is 63.3 Å². The molecule has 192 valence electrons. The summed E-state index contributed by atoms with van der Waals surface area (Å²) in [6.07, 6.45) is -1.09. The molecule has 5 rings (SSSR count). The van der Waals surface area contributed by atoms with Gasteiger partial charge < -0.3 is 19.7 Å². The summed E-state index contributed by atoms with van der Waals surface area (Å²) in [6, 6.07) is 17.8. The van der Waals surface area contributed by atoms with Crippen LogP contribution >= 0.6 is 0 Å². The maximum absolute atomic E-state index is 14.8. The molecule has 1 atom stereocenters. The maximum Gasteiger partial charge on any atom is 0.414 e. The molecule has 1 unspecified atom stereocenters. The number of morpholine rings is 1. The molecule has 1 N–H and O–H groups in total. The lowest BCUT2D eigenvalue weighted by atomic mass is 9.99. The molecule has 0 saturated carbocycles. The van der Waals surface area contributed by atoms with Crippen LogP contribution in [0.15, 0.2) is 60.7 Å². The van der Waals surface area contributed by atoms with Crippen molar-refractivity contribution in [3.05, 3.63) is 72.0 Å². The summed E-state index contributed by atoms with van der Waals surface area (Å²) >= 11 is 0. The van der Waals surface area contributed by atoms with E-state index in [0.717, 1.165) is 10.8 Å². The third kappa shape index (κ3) is 5.41. The molecule has 0 bridgehead atoms. The number of nitrogens with one attached hydrogen (secondary N) is 1. The predicted octanol–water partition coefficient (Wildman–Crippen LogP) is 3.92. The van der Waals surface area contributed by atoms with Crippen molar-refractivity contribution < 1.29 is 28.2 Å². The van der Waals surface area contributed by atoms with Crippen molar-refractivity contribution in [1.82, 2.24) is 5.32 Å². The van der Waals surface area contributed by atoms with E-state index >= 15 is 0 Å². The third-order valence-electron chi connectivity index (χ3n) is 6.65. The first kappa shape index (κ1) is 24.7. The molecule has 2 aliphatic heterocycles. The Hall–Kier alpha value is -3.98. The number of anilines is 2. The summed E-state index contributed by atoms with van der Waals surface area (Å²) in [6.45, 7) is 2.29. The van der Waals surface area contributed by atoms with E-state index in [2.05, 4.69) is 5.32 Å². The van der Waals surface area contributed by atoms with Gasteiger partial charge >= 0.3 is 6.09 Å². The van der Waals surface area contributed by atoms with Gasteiger partial charge in [-0.1, -0.05) is 48.5 Å². The first-order valence-electron chi connectivity index (χ1n) is 12.4. The minimum absolute atomic E-state index is 0.0253. The van der Waals surface area contributed by atoms with Crippen molar-refractivity contribution in [3.8, 4) is 0 Å². The van der Waals surface area contributed by atoms with Crippen LogP contribution in [0.4, 0.5) is 20.6 Å². The molecule has 0 aliphatic carbocycles. The number of benzene rings is 3. The summed E-state index contributed by atoms with van der Waals surface area (Å²) in [5, 5.41) is 4.59. The molecular formula is C28H28FN3O5. The molecule has 2 heterocycles. The minimum atomic E-state index is -0.592. The van der Waals surface area contributed by atoms with Gasteiger partial charge in [0.05, 0.1) is 37.7 Å². The van der Waals surface area contributed by atoms with Crippen LogP contribution in [0.25, 0.3) is 10.8 Å². The van der Waals surface area contributed by atoms with Crippen molar-refractivity contribution in [1.29, 1.82) is 0 Å². The molecule has 3 aromatic carbocycles. The molecule has 3 aromatic rings. The van der Waals surface area contributed by atoms with Crippen molar-refractivity contribution in [2.24, 2.45) is 0 Å². The summed E-state index contributed by atoms with van der Waals surface area (Å²) in [7, 11) is 0. The second-order valence-electron chi connectivity index (χ2n) is 9.08. The Kier molecular flexibility index (Phi) is 7.32. The van der Waals surface area contributed by atoms with Crippen LogP contribution < -0.4 is 15.1 Å². The minimum Gasteiger partial charge on any atom is -0.442 e. The Morgan fingerprint density at radius 2 is 1.73 bits per heavy atom. The fourth-order valence-corrected chi connectivity index (χ4v) is 4.79. The lowest BCUT2D eigenvalue weighted by Gasteiger charge is -2.32. The second-order valence-corrected chi connectivity index (χ2v) is 9.08. The van der Waals surface area contributed by atoms with Gasteiger partial charge in [-0.05, 0) is 22.9 Å². The van der Waals surface area contributed by atoms with E-state index in [4.69, 9.17) is 9.47 Å². The molecule has 37 heavy (non-hydrogen) atoms. The smallest absolute Gasteiger partial charge is 0.414 e. The van der Waals surface area contributed by atoms with Crippen molar-refractivity contribution in [2.45, 2.75) is 18.9 Å². The first-order chi connectivity index (χ1) is 18.0. The zero-order valence-electron chi connectivity index (χ0n) is 20.3. The topological polar surface area (TPSA) is 88.2 Å². The van der Waals surface area contributed by atoms with Crippen molar-refractivity contribution in [2.75, 3.05) is 49.2 Å². The first-order valence-corrected chi connectivity index (χ1v) is 12.4. The summed E-state index contributed by atoms with van der Waals surface area (Å²) in [5.74, 6) is -0.824. The Morgan fingerprint density at radius 1 is 0.973 bits per heavy atom. The predicted molar refractivity (Wildman–Crippen MR) is 138 cm³/mol. The number of hydrogen-bond acceptors (Lipinski definition) is 6. The lowest BCUT2D eigenvalue weighted by molar-refractivity contribution is -0.121. The SMILES string of the molecule is O=C(CCC(=O)c1cccc2ccccc12)NCC1CN(c2cccc(F)c2N2CCOCC2)C(=O)O1. The highest BCUT2D eigenvalue weighted by molar-refractivity contribution is 6.08. The molecule has 8 nitrogen and oxygen atoms in total. The number of para-hydroxylation sites is 1. The van der Waals surface area contributed by atoms with Crippen LogP contribution in [0.1, 0.15) is 23.2 Å². The monoisotopic (exact) mass is 505 g/mol. The fourth-order valence-electron chi connectivity index (χ4n) is 4.79. The van der Waals surface area contributed by atoms with Crippen LogP contribution in [-0.2, 0) is 14.3 Å². The standard InChI is InChI=1S/C28H28FN3O5/c29-23-9-4-10-24(27(23)31-13-15-36-16-14-31)32-18-20(37-28(32)35)17-30-26(34)12-11-25(33)22-8-3-6-19-5-1-2-7-21(19)22/h1-10,20H,11-18H2,(H,30,34). The number of ether oxygens (including phenoxy) is 2.